The predicted molar refractivity (Wildman–Crippen MR) is 356 cm³/mol. The van der Waals surface area contributed by atoms with Crippen molar-refractivity contribution in [3.63, 3.8) is 0 Å². The van der Waals surface area contributed by atoms with Crippen LogP contribution in [0.2, 0.25) is 0 Å². The van der Waals surface area contributed by atoms with E-state index in [4.69, 9.17) is 39.9 Å². The molecule has 0 fully saturated rings. The van der Waals surface area contributed by atoms with Crippen molar-refractivity contribution < 1.29 is 96.0 Å². The van der Waals surface area contributed by atoms with Crippen LogP contribution in [0, 0.1) is 73.6 Å². The van der Waals surface area contributed by atoms with Crippen molar-refractivity contribution >= 4 is 40.6 Å². The third-order valence-electron chi connectivity index (χ3n) is 16.2. The maximum Gasteiger partial charge on any atom is 0.430 e. The van der Waals surface area contributed by atoms with Gasteiger partial charge in [0.2, 0.25) is 12.7 Å². The minimum Gasteiger partial charge on any atom is -1.00 e. The van der Waals surface area contributed by atoms with E-state index >= 15 is 8.78 Å². The number of carboxylic acid groups (broad SMARTS) is 1. The average molecular weight is 1510 g/mol. The number of aromatic nitrogens is 8. The molecule has 4 aromatic heterocycles. The van der Waals surface area contributed by atoms with Gasteiger partial charge in [-0.3, -0.25) is 9.59 Å². The molecule has 0 aliphatic rings. The van der Waals surface area contributed by atoms with Gasteiger partial charge in [-0.05, 0) is 135 Å². The van der Waals surface area contributed by atoms with E-state index in [-0.39, 0.29) is 66.2 Å². The average Bonchev–Trinajstić information content (AvgIpc) is 1.75. The summed E-state index contributed by atoms with van der Waals surface area (Å²) in [5.41, 5.74) is 5.27. The number of alkyl halides is 3. The van der Waals surface area contributed by atoms with Crippen molar-refractivity contribution in [2.75, 3.05) is 26.2 Å². The van der Waals surface area contributed by atoms with Crippen LogP contribution in [0.5, 0.6) is 11.5 Å². The summed E-state index contributed by atoms with van der Waals surface area (Å²) in [6, 6.07) is 32.2. The number of nitrogens with one attached hydrogen (secondary N) is 2. The van der Waals surface area contributed by atoms with E-state index in [1.54, 1.807) is 87.7 Å². The number of aliphatic hydroxyl groups is 2. The van der Waals surface area contributed by atoms with Gasteiger partial charge >= 0.3 is 18.1 Å². The van der Waals surface area contributed by atoms with Gasteiger partial charge in [0.05, 0.1) is 70.8 Å². The fraction of sp³-hybridized carbons (Fsp3) is 0.292. The van der Waals surface area contributed by atoms with E-state index < -0.39 is 58.5 Å². The number of ether oxygens (including phenoxy) is 2. The fourth-order valence-electron chi connectivity index (χ4n) is 11.0. The highest BCUT2D eigenvalue weighted by atomic mass is 79.9. The molecular weight excluding hydrogens is 1440 g/mol. The van der Waals surface area contributed by atoms with Crippen LogP contribution in [-0.2, 0) is 51.8 Å². The molecule has 0 unspecified atom stereocenters. The van der Waals surface area contributed by atoms with E-state index in [1.165, 1.54) is 44.2 Å². The molecule has 20 nitrogen and oxygen atoms in total. The van der Waals surface area contributed by atoms with Gasteiger partial charge in [0, 0.05) is 67.2 Å². The molecule has 0 saturated heterocycles. The number of esters is 2. The van der Waals surface area contributed by atoms with Crippen LogP contribution in [0.4, 0.5) is 30.7 Å². The molecular formula is C72H70BrF7N12O8S2. The molecule has 6 aromatic carbocycles. The summed E-state index contributed by atoms with van der Waals surface area (Å²) in [4.78, 5) is 42.6. The molecule has 0 amide bonds. The maximum absolute atomic E-state index is 15.3. The van der Waals surface area contributed by atoms with Crippen LogP contribution in [0.15, 0.2) is 145 Å². The number of thiazole rings is 2. The topological polar surface area (TPSA) is 274 Å². The van der Waals surface area contributed by atoms with Crippen molar-refractivity contribution in [2.45, 2.75) is 111 Å². The second kappa shape index (κ2) is 35.1. The molecule has 4 N–H and O–H groups in total. The molecule has 4 heterocycles. The van der Waals surface area contributed by atoms with E-state index in [0.717, 1.165) is 68.8 Å². The number of rotatable bonds is 24. The third-order valence-corrected chi connectivity index (χ3v) is 18.2. The molecule has 0 saturated carbocycles. The molecule has 534 valence electrons. The van der Waals surface area contributed by atoms with Gasteiger partial charge in [0.25, 0.3) is 12.7 Å². The van der Waals surface area contributed by atoms with Crippen LogP contribution < -0.4 is 51.3 Å². The molecule has 0 radical (unpaired) electrons. The number of likely N-dealkylation sites (N-methyl/N-ethyl adjacent to an activating group) is 2. The van der Waals surface area contributed by atoms with Crippen molar-refractivity contribution in [3.8, 4) is 46.2 Å². The lowest BCUT2D eigenvalue weighted by molar-refractivity contribution is -0.689. The smallest absolute Gasteiger partial charge is 0.430 e. The van der Waals surface area contributed by atoms with Crippen LogP contribution >= 0.6 is 22.7 Å². The summed E-state index contributed by atoms with van der Waals surface area (Å²) < 4.78 is 108. The number of nitrogens with zero attached hydrogens (tertiary/aromatic N) is 10. The highest BCUT2D eigenvalue weighted by Gasteiger charge is 2.45. The Morgan fingerprint density at radius 1 is 0.598 bits per heavy atom. The van der Waals surface area contributed by atoms with Gasteiger partial charge < -0.3 is 57.2 Å². The lowest BCUT2D eigenvalue weighted by atomic mass is 9.82. The van der Waals surface area contributed by atoms with Crippen LogP contribution in [-0.4, -0.2) is 90.0 Å². The van der Waals surface area contributed by atoms with Gasteiger partial charge in [-0.1, -0.05) is 64.1 Å². The standard InChI is InChI=1S/2C35H35F2N6O3S.C2HF3O2.BrH/c2*1-5-39-16-32(44)46-33-22(2)12-26(13-23(33)3)17-42-20-40-43(21-42)19-35(45,29-11-10-28(36)14-30(29)37)24(4)34-41-31(18-47-34)27-8-6-25(15-38)7-9-27;3-2(4,5)1(6)7;/h2*6-14,18,20-21,24,39,45H,5,16-17,19H2,1-4H3;(H,6,7);1H/q2*+1;;/p-2/t2*24-,35+;;/m00../s1. The van der Waals surface area contributed by atoms with Crippen molar-refractivity contribution in [1.82, 2.24) is 40.2 Å². The molecule has 30 heteroatoms. The van der Waals surface area contributed by atoms with E-state index in [1.807, 2.05) is 85.7 Å². The number of nitriles is 2. The van der Waals surface area contributed by atoms with E-state index in [9.17, 15) is 41.8 Å². The quantitative estimate of drug-likeness (QED) is 0.0207. The molecule has 0 aliphatic carbocycles. The molecule has 0 spiro atoms. The first-order chi connectivity index (χ1) is 47.9. The first-order valence-corrected chi connectivity index (χ1v) is 33.1. The van der Waals surface area contributed by atoms with E-state index in [0.29, 0.717) is 70.2 Å². The third kappa shape index (κ3) is 20.2. The highest BCUT2D eigenvalue weighted by molar-refractivity contribution is 7.10. The lowest BCUT2D eigenvalue weighted by Gasteiger charge is -2.32. The first-order valence-electron chi connectivity index (χ1n) is 31.4. The number of hydrogen-bond acceptors (Lipinski definition) is 18. The molecule has 10 aromatic rings. The van der Waals surface area contributed by atoms with E-state index in [2.05, 4.69) is 33.0 Å². The fourth-order valence-corrected chi connectivity index (χ4v) is 12.9. The Hall–Kier alpha value is -9.92. The monoisotopic (exact) mass is 1510 g/mol. The highest BCUT2D eigenvalue weighted by Crippen LogP contribution is 2.44. The summed E-state index contributed by atoms with van der Waals surface area (Å²) >= 11 is 2.64. The minimum atomic E-state index is -5.19. The minimum absolute atomic E-state index is 0. The summed E-state index contributed by atoms with van der Waals surface area (Å²) in [6.45, 7) is 17.0. The first kappa shape index (κ1) is 79.4. The number of benzene rings is 6. The Kier molecular flexibility index (Phi) is 27.3. The van der Waals surface area contributed by atoms with Gasteiger partial charge in [-0.25, -0.2) is 36.7 Å². The zero-order chi connectivity index (χ0) is 73.5. The number of halogens is 8. The van der Waals surface area contributed by atoms with Gasteiger partial charge in [-0.15, -0.1) is 32.0 Å². The Balaban J connectivity index is 0.000000259. The van der Waals surface area contributed by atoms with Gasteiger partial charge in [0.15, 0.2) is 0 Å². The molecule has 0 aliphatic heterocycles. The summed E-state index contributed by atoms with van der Waals surface area (Å²) in [5.74, 6) is -7.35. The summed E-state index contributed by atoms with van der Waals surface area (Å²) in [7, 11) is 0. The molecule has 102 heavy (non-hydrogen) atoms. The van der Waals surface area contributed by atoms with Crippen LogP contribution in [0.25, 0.3) is 22.5 Å². The second-order valence-corrected chi connectivity index (χ2v) is 25.5. The normalized spacial score (nSPS) is 12.9. The van der Waals surface area contributed by atoms with Crippen LogP contribution in [0.1, 0.15) is 105 Å². The Labute approximate surface area is 601 Å². The zero-order valence-corrected chi connectivity index (χ0v) is 59.5. The Morgan fingerprint density at radius 2 is 0.941 bits per heavy atom. The number of hydrogen-bond donors (Lipinski definition) is 4. The predicted octanol–water partition coefficient (Wildman–Crippen LogP) is 6.93. The van der Waals surface area contributed by atoms with Crippen molar-refractivity contribution in [2.24, 2.45) is 0 Å². The largest absolute Gasteiger partial charge is 1.00 e. The zero-order valence-electron chi connectivity index (χ0n) is 56.3. The second-order valence-electron chi connectivity index (χ2n) is 23.7. The number of carbonyl (C=O) groups excluding carboxylic acids is 3. The Morgan fingerprint density at radius 3 is 1.25 bits per heavy atom. The summed E-state index contributed by atoms with van der Waals surface area (Å²) in [6.07, 6.45) is 1.43. The molecule has 0 bridgehead atoms. The van der Waals surface area contributed by atoms with Crippen molar-refractivity contribution in [3.05, 3.63) is 234 Å². The molecule has 4 atom stereocenters. The van der Waals surface area contributed by atoms with Crippen LogP contribution in [0.3, 0.4) is 0 Å². The summed E-state index contributed by atoms with van der Waals surface area (Å²) in [5, 5.41) is 71.1. The number of carboxylic acids is 1. The maximum atomic E-state index is 15.3. The lowest BCUT2D eigenvalue weighted by Crippen LogP contribution is -3.00. The molecule has 10 rings (SSSR count). The SMILES string of the molecule is CCNCC(=O)Oc1c(C)cc(C[n+]2cnn(C[C@](O)(c3ccc(F)cc3F)[C@@H](C)c3nc(-c4ccc(C#N)cc4)cs3)c2)cc1C.CCNCC(=O)Oc1c(C)cc(C[n+]2cnn(C[C@](O)(c3ccc(F)cc3F)[C@@H](C)c3nc(-c4ccc(C#N)cc4)cs3)c2)cc1C.O=C([O-])C(F)(F)F.[Br-]. The van der Waals surface area contributed by atoms with Gasteiger partial charge in [0.1, 0.15) is 65.0 Å². The van der Waals surface area contributed by atoms with Gasteiger partial charge in [-0.2, -0.15) is 23.7 Å². The Bertz CT molecular complexity index is 4350. The number of aliphatic carboxylic acids is 1. The van der Waals surface area contributed by atoms with Crippen molar-refractivity contribution in [1.29, 1.82) is 10.5 Å². The number of carbonyl (C=O) groups is 3. The number of aryl methyl sites for hydroxylation is 4.